The largest absolute Gasteiger partial charge is 0.497 e. The van der Waals surface area contributed by atoms with Crippen LogP contribution >= 0.6 is 0 Å². The van der Waals surface area contributed by atoms with Crippen LogP contribution in [0, 0.1) is 0 Å². The van der Waals surface area contributed by atoms with Gasteiger partial charge in [-0.3, -0.25) is 4.79 Å². The maximum atomic E-state index is 10.9. The molecule has 0 heterocycles. The highest BCUT2D eigenvalue weighted by Crippen LogP contribution is 2.18. The van der Waals surface area contributed by atoms with E-state index < -0.39 is 0 Å². The summed E-state index contributed by atoms with van der Waals surface area (Å²) in [7, 11) is 1.63. The van der Waals surface area contributed by atoms with Gasteiger partial charge in [0.25, 0.3) is 0 Å². The average molecular weight is 271 g/mol. The van der Waals surface area contributed by atoms with E-state index in [2.05, 4.69) is 5.32 Å². The molecule has 0 aromatic heterocycles. The van der Waals surface area contributed by atoms with Gasteiger partial charge in [0.2, 0.25) is 5.91 Å². The molecule has 0 fully saturated rings. The highest BCUT2D eigenvalue weighted by Gasteiger charge is 1.99. The molecule has 4 nitrogen and oxygen atoms in total. The first-order valence-electron chi connectivity index (χ1n) is 6.31. The van der Waals surface area contributed by atoms with Crippen molar-refractivity contribution in [1.29, 1.82) is 0 Å². The van der Waals surface area contributed by atoms with E-state index in [1.54, 1.807) is 7.11 Å². The number of amides is 1. The molecule has 2 aromatic rings. The summed E-state index contributed by atoms with van der Waals surface area (Å²) in [5.74, 6) is 1.51. The minimum absolute atomic E-state index is 0.0766. The van der Waals surface area contributed by atoms with Gasteiger partial charge in [-0.25, -0.2) is 0 Å². The molecule has 0 bridgehead atoms. The maximum absolute atomic E-state index is 10.9. The Kier molecular flexibility index (Phi) is 4.60. The number of nitrogens with one attached hydrogen (secondary N) is 1. The van der Waals surface area contributed by atoms with Gasteiger partial charge in [0.1, 0.15) is 18.1 Å². The number of anilines is 1. The molecule has 4 heteroatoms. The van der Waals surface area contributed by atoms with Crippen molar-refractivity contribution < 1.29 is 14.3 Å². The van der Waals surface area contributed by atoms with Crippen LogP contribution in [-0.2, 0) is 11.4 Å². The van der Waals surface area contributed by atoms with Gasteiger partial charge in [-0.15, -0.1) is 0 Å². The molecule has 0 aliphatic heterocycles. The van der Waals surface area contributed by atoms with E-state index in [0.29, 0.717) is 6.61 Å². The zero-order valence-electron chi connectivity index (χ0n) is 11.6. The van der Waals surface area contributed by atoms with Crippen LogP contribution in [0.1, 0.15) is 12.5 Å². The lowest BCUT2D eigenvalue weighted by Crippen LogP contribution is -2.05. The topological polar surface area (TPSA) is 47.6 Å². The quantitative estimate of drug-likeness (QED) is 0.908. The van der Waals surface area contributed by atoms with Crippen LogP contribution in [0.5, 0.6) is 11.5 Å². The van der Waals surface area contributed by atoms with E-state index in [1.807, 2.05) is 48.5 Å². The van der Waals surface area contributed by atoms with E-state index in [1.165, 1.54) is 6.92 Å². The standard InChI is InChI=1S/C16H17NO3/c1-12(18)17-14-5-3-13(4-6-14)11-20-16-9-7-15(19-2)8-10-16/h3-10H,11H2,1-2H3,(H,17,18). The Labute approximate surface area is 118 Å². The van der Waals surface area contributed by atoms with Crippen molar-refractivity contribution in [2.75, 3.05) is 12.4 Å². The zero-order chi connectivity index (χ0) is 14.4. The summed E-state index contributed by atoms with van der Waals surface area (Å²) in [6.07, 6.45) is 0. The molecule has 104 valence electrons. The van der Waals surface area contributed by atoms with Gasteiger partial charge in [0.05, 0.1) is 7.11 Å². The number of hydrogen-bond donors (Lipinski definition) is 1. The van der Waals surface area contributed by atoms with Crippen molar-refractivity contribution in [3.05, 3.63) is 54.1 Å². The molecule has 0 saturated heterocycles. The monoisotopic (exact) mass is 271 g/mol. The second-order valence-corrected chi connectivity index (χ2v) is 4.34. The van der Waals surface area contributed by atoms with Gasteiger partial charge < -0.3 is 14.8 Å². The second-order valence-electron chi connectivity index (χ2n) is 4.34. The molecule has 0 radical (unpaired) electrons. The molecular formula is C16H17NO3. The molecular weight excluding hydrogens is 254 g/mol. The van der Waals surface area contributed by atoms with Crippen LogP contribution < -0.4 is 14.8 Å². The van der Waals surface area contributed by atoms with E-state index in [-0.39, 0.29) is 5.91 Å². The molecule has 0 aliphatic rings. The van der Waals surface area contributed by atoms with Gasteiger partial charge in [0.15, 0.2) is 0 Å². The summed E-state index contributed by atoms with van der Waals surface area (Å²) in [4.78, 5) is 10.9. The molecule has 2 aromatic carbocycles. The summed E-state index contributed by atoms with van der Waals surface area (Å²) in [5.41, 5.74) is 1.82. The normalized spacial score (nSPS) is 9.90. The Hall–Kier alpha value is -2.49. The predicted molar refractivity (Wildman–Crippen MR) is 78.1 cm³/mol. The number of carbonyl (C=O) groups is 1. The maximum Gasteiger partial charge on any atom is 0.221 e. The third-order valence-electron chi connectivity index (χ3n) is 2.74. The zero-order valence-corrected chi connectivity index (χ0v) is 11.6. The number of hydrogen-bond acceptors (Lipinski definition) is 3. The Morgan fingerprint density at radius 2 is 1.60 bits per heavy atom. The number of ether oxygens (including phenoxy) is 2. The fourth-order valence-corrected chi connectivity index (χ4v) is 1.73. The molecule has 0 spiro atoms. The molecule has 2 rings (SSSR count). The lowest BCUT2D eigenvalue weighted by atomic mass is 10.2. The minimum atomic E-state index is -0.0766. The average Bonchev–Trinajstić information content (AvgIpc) is 2.46. The Morgan fingerprint density at radius 1 is 1.00 bits per heavy atom. The number of rotatable bonds is 5. The predicted octanol–water partition coefficient (Wildman–Crippen LogP) is 3.23. The Balaban J connectivity index is 1.91. The van der Waals surface area contributed by atoms with E-state index >= 15 is 0 Å². The molecule has 1 amide bonds. The van der Waals surface area contributed by atoms with Gasteiger partial charge >= 0.3 is 0 Å². The summed E-state index contributed by atoms with van der Waals surface area (Å²) in [6, 6.07) is 15.0. The molecule has 0 saturated carbocycles. The van der Waals surface area contributed by atoms with E-state index in [4.69, 9.17) is 9.47 Å². The van der Waals surface area contributed by atoms with Crippen LogP contribution in [-0.4, -0.2) is 13.0 Å². The van der Waals surface area contributed by atoms with Crippen molar-refractivity contribution in [2.45, 2.75) is 13.5 Å². The van der Waals surface area contributed by atoms with Crippen LogP contribution in [0.25, 0.3) is 0 Å². The van der Waals surface area contributed by atoms with Crippen molar-refractivity contribution in [3.63, 3.8) is 0 Å². The molecule has 1 N–H and O–H groups in total. The Morgan fingerprint density at radius 3 is 2.15 bits per heavy atom. The summed E-state index contributed by atoms with van der Waals surface area (Å²) < 4.78 is 10.8. The fourth-order valence-electron chi connectivity index (χ4n) is 1.73. The minimum Gasteiger partial charge on any atom is -0.497 e. The smallest absolute Gasteiger partial charge is 0.221 e. The lowest BCUT2D eigenvalue weighted by molar-refractivity contribution is -0.114. The molecule has 20 heavy (non-hydrogen) atoms. The van der Waals surface area contributed by atoms with Gasteiger partial charge in [-0.1, -0.05) is 12.1 Å². The summed E-state index contributed by atoms with van der Waals surface area (Å²) >= 11 is 0. The van der Waals surface area contributed by atoms with Crippen LogP contribution in [0.3, 0.4) is 0 Å². The van der Waals surface area contributed by atoms with Crippen molar-refractivity contribution >= 4 is 11.6 Å². The highest BCUT2D eigenvalue weighted by atomic mass is 16.5. The summed E-state index contributed by atoms with van der Waals surface area (Å²) in [6.45, 7) is 1.97. The number of benzene rings is 2. The molecule has 0 unspecified atom stereocenters. The SMILES string of the molecule is COc1ccc(OCc2ccc(NC(C)=O)cc2)cc1. The lowest BCUT2D eigenvalue weighted by Gasteiger charge is -2.08. The van der Waals surface area contributed by atoms with E-state index in [0.717, 1.165) is 22.7 Å². The van der Waals surface area contributed by atoms with Crippen molar-refractivity contribution in [1.82, 2.24) is 0 Å². The number of methoxy groups -OCH3 is 1. The van der Waals surface area contributed by atoms with Crippen LogP contribution in [0.4, 0.5) is 5.69 Å². The van der Waals surface area contributed by atoms with Gasteiger partial charge in [0, 0.05) is 12.6 Å². The second kappa shape index (κ2) is 6.61. The first-order chi connectivity index (χ1) is 9.67. The number of carbonyl (C=O) groups excluding carboxylic acids is 1. The third kappa shape index (κ3) is 4.02. The van der Waals surface area contributed by atoms with E-state index in [9.17, 15) is 4.79 Å². The first-order valence-corrected chi connectivity index (χ1v) is 6.31. The van der Waals surface area contributed by atoms with Gasteiger partial charge in [-0.2, -0.15) is 0 Å². The van der Waals surface area contributed by atoms with Crippen molar-refractivity contribution in [3.8, 4) is 11.5 Å². The fraction of sp³-hybridized carbons (Fsp3) is 0.188. The highest BCUT2D eigenvalue weighted by molar-refractivity contribution is 5.88. The van der Waals surface area contributed by atoms with Crippen molar-refractivity contribution in [2.24, 2.45) is 0 Å². The molecule has 0 atom stereocenters. The van der Waals surface area contributed by atoms with Gasteiger partial charge in [-0.05, 0) is 42.0 Å². The third-order valence-corrected chi connectivity index (χ3v) is 2.74. The summed E-state index contributed by atoms with van der Waals surface area (Å²) in [5, 5.41) is 2.72. The van der Waals surface area contributed by atoms with Crippen LogP contribution in [0.15, 0.2) is 48.5 Å². The van der Waals surface area contributed by atoms with Crippen LogP contribution in [0.2, 0.25) is 0 Å². The Bertz CT molecular complexity index is 561. The molecule has 0 aliphatic carbocycles. The first kappa shape index (κ1) is 13.9.